The zero-order valence-corrected chi connectivity index (χ0v) is 7.19. The van der Waals surface area contributed by atoms with E-state index in [0.717, 1.165) is 11.3 Å². The van der Waals surface area contributed by atoms with Crippen molar-refractivity contribution in [2.75, 3.05) is 5.73 Å². The van der Waals surface area contributed by atoms with E-state index in [1.54, 1.807) is 6.20 Å². The van der Waals surface area contributed by atoms with Gasteiger partial charge >= 0.3 is 0 Å². The molecular weight excluding hydrogens is 166 g/mol. The Labute approximate surface area is 75.4 Å². The lowest BCUT2D eigenvalue weighted by molar-refractivity contribution is 0.571. The molecule has 0 aliphatic carbocycles. The monoisotopic (exact) mass is 175 g/mol. The lowest BCUT2D eigenvalue weighted by Crippen LogP contribution is -1.92. The standard InChI is InChI=1S/C9H9N3O/c1-6-8(13-5-12-6)7-3-2-4-11-9(7)10/h2-5H,1H3,(H2,10,11). The molecule has 0 atom stereocenters. The molecule has 66 valence electrons. The number of rotatable bonds is 1. The minimum absolute atomic E-state index is 0.461. The summed E-state index contributed by atoms with van der Waals surface area (Å²) in [6.45, 7) is 1.87. The van der Waals surface area contributed by atoms with E-state index in [4.69, 9.17) is 10.2 Å². The number of nitrogen functional groups attached to an aromatic ring is 1. The van der Waals surface area contributed by atoms with Crippen molar-refractivity contribution in [1.29, 1.82) is 0 Å². The Morgan fingerprint density at radius 2 is 2.23 bits per heavy atom. The van der Waals surface area contributed by atoms with Gasteiger partial charge < -0.3 is 10.2 Å². The smallest absolute Gasteiger partial charge is 0.181 e. The van der Waals surface area contributed by atoms with Gasteiger partial charge in [0.2, 0.25) is 0 Å². The Balaban J connectivity index is 2.59. The summed E-state index contributed by atoms with van der Waals surface area (Å²) >= 11 is 0. The molecule has 0 saturated heterocycles. The molecule has 0 amide bonds. The molecule has 0 aliphatic rings. The van der Waals surface area contributed by atoms with Crippen molar-refractivity contribution in [2.45, 2.75) is 6.92 Å². The van der Waals surface area contributed by atoms with Crippen LogP contribution in [0.25, 0.3) is 11.3 Å². The number of aryl methyl sites for hydroxylation is 1. The highest BCUT2D eigenvalue weighted by Gasteiger charge is 2.09. The summed E-state index contributed by atoms with van der Waals surface area (Å²) in [5.41, 5.74) is 7.29. The number of hydrogen-bond donors (Lipinski definition) is 1. The molecule has 13 heavy (non-hydrogen) atoms. The molecule has 4 nitrogen and oxygen atoms in total. The molecular formula is C9H9N3O. The Kier molecular flexibility index (Phi) is 1.73. The van der Waals surface area contributed by atoms with Gasteiger partial charge in [-0.05, 0) is 19.1 Å². The zero-order chi connectivity index (χ0) is 9.26. The second-order valence-electron chi connectivity index (χ2n) is 2.70. The van der Waals surface area contributed by atoms with E-state index in [2.05, 4.69) is 9.97 Å². The molecule has 0 unspecified atom stereocenters. The average Bonchev–Trinajstić information content (AvgIpc) is 2.52. The van der Waals surface area contributed by atoms with Crippen molar-refractivity contribution in [3.63, 3.8) is 0 Å². The normalized spacial score (nSPS) is 10.2. The quantitative estimate of drug-likeness (QED) is 0.715. The number of nitrogens with two attached hydrogens (primary N) is 1. The van der Waals surface area contributed by atoms with Crippen LogP contribution in [-0.4, -0.2) is 9.97 Å². The van der Waals surface area contributed by atoms with Crippen LogP contribution in [0.5, 0.6) is 0 Å². The van der Waals surface area contributed by atoms with E-state index in [9.17, 15) is 0 Å². The summed E-state index contributed by atoms with van der Waals surface area (Å²) < 4.78 is 5.20. The van der Waals surface area contributed by atoms with Crippen LogP contribution < -0.4 is 5.73 Å². The van der Waals surface area contributed by atoms with E-state index in [0.29, 0.717) is 11.6 Å². The van der Waals surface area contributed by atoms with Crippen LogP contribution in [0.15, 0.2) is 29.1 Å². The first-order chi connectivity index (χ1) is 6.29. The fourth-order valence-electron chi connectivity index (χ4n) is 1.17. The molecule has 0 saturated carbocycles. The van der Waals surface area contributed by atoms with E-state index >= 15 is 0 Å². The maximum atomic E-state index is 5.68. The molecule has 2 aromatic rings. The second kappa shape index (κ2) is 2.90. The predicted molar refractivity (Wildman–Crippen MR) is 48.9 cm³/mol. The van der Waals surface area contributed by atoms with Crippen molar-refractivity contribution in [3.05, 3.63) is 30.4 Å². The van der Waals surface area contributed by atoms with Crippen LogP contribution in [0, 0.1) is 6.92 Å². The molecule has 0 spiro atoms. The van der Waals surface area contributed by atoms with Gasteiger partial charge in [0.25, 0.3) is 0 Å². The predicted octanol–water partition coefficient (Wildman–Crippen LogP) is 1.63. The van der Waals surface area contributed by atoms with E-state index in [-0.39, 0.29) is 0 Å². The topological polar surface area (TPSA) is 64.9 Å². The number of anilines is 1. The first-order valence-corrected chi connectivity index (χ1v) is 3.90. The highest BCUT2D eigenvalue weighted by Crippen LogP contribution is 2.25. The van der Waals surface area contributed by atoms with Crippen LogP contribution in [0.2, 0.25) is 0 Å². The van der Waals surface area contributed by atoms with Crippen molar-refractivity contribution in [3.8, 4) is 11.3 Å². The number of hydrogen-bond acceptors (Lipinski definition) is 4. The Morgan fingerprint density at radius 3 is 2.85 bits per heavy atom. The van der Waals surface area contributed by atoms with Gasteiger partial charge in [0.1, 0.15) is 5.82 Å². The van der Waals surface area contributed by atoms with Crippen LogP contribution >= 0.6 is 0 Å². The van der Waals surface area contributed by atoms with Crippen molar-refractivity contribution in [1.82, 2.24) is 9.97 Å². The van der Waals surface area contributed by atoms with Gasteiger partial charge in [-0.1, -0.05) is 0 Å². The third-order valence-corrected chi connectivity index (χ3v) is 1.83. The summed E-state index contributed by atoms with van der Waals surface area (Å²) in [4.78, 5) is 7.95. The second-order valence-corrected chi connectivity index (χ2v) is 2.70. The molecule has 0 fully saturated rings. The highest BCUT2D eigenvalue weighted by molar-refractivity contribution is 5.70. The van der Waals surface area contributed by atoms with Crippen LogP contribution in [-0.2, 0) is 0 Å². The van der Waals surface area contributed by atoms with Gasteiger partial charge in [0.15, 0.2) is 12.2 Å². The van der Waals surface area contributed by atoms with Gasteiger partial charge in [0, 0.05) is 6.20 Å². The Morgan fingerprint density at radius 1 is 1.38 bits per heavy atom. The van der Waals surface area contributed by atoms with Gasteiger partial charge in [-0.25, -0.2) is 9.97 Å². The Bertz CT molecular complexity index is 422. The van der Waals surface area contributed by atoms with Crippen molar-refractivity contribution < 1.29 is 4.42 Å². The largest absolute Gasteiger partial charge is 0.443 e. The number of oxazole rings is 1. The molecule has 2 heterocycles. The molecule has 0 aliphatic heterocycles. The molecule has 2 N–H and O–H groups in total. The highest BCUT2D eigenvalue weighted by atomic mass is 16.3. The van der Waals surface area contributed by atoms with Crippen molar-refractivity contribution >= 4 is 5.82 Å². The summed E-state index contributed by atoms with van der Waals surface area (Å²) in [6.07, 6.45) is 3.04. The zero-order valence-electron chi connectivity index (χ0n) is 7.19. The fraction of sp³-hybridized carbons (Fsp3) is 0.111. The lowest BCUT2D eigenvalue weighted by atomic mass is 10.2. The minimum Gasteiger partial charge on any atom is -0.443 e. The Hall–Kier alpha value is -1.84. The number of pyridine rings is 1. The first-order valence-electron chi connectivity index (χ1n) is 3.90. The van der Waals surface area contributed by atoms with Gasteiger partial charge in [-0.3, -0.25) is 0 Å². The van der Waals surface area contributed by atoms with Gasteiger partial charge in [-0.15, -0.1) is 0 Å². The van der Waals surface area contributed by atoms with E-state index in [1.807, 2.05) is 19.1 Å². The molecule has 2 rings (SSSR count). The van der Waals surface area contributed by atoms with E-state index < -0.39 is 0 Å². The van der Waals surface area contributed by atoms with E-state index in [1.165, 1.54) is 6.39 Å². The maximum absolute atomic E-state index is 5.68. The third-order valence-electron chi connectivity index (χ3n) is 1.83. The number of aromatic nitrogens is 2. The lowest BCUT2D eigenvalue weighted by Gasteiger charge is -1.99. The number of nitrogens with zero attached hydrogens (tertiary/aromatic N) is 2. The molecule has 2 aromatic heterocycles. The fourth-order valence-corrected chi connectivity index (χ4v) is 1.17. The van der Waals surface area contributed by atoms with Crippen molar-refractivity contribution in [2.24, 2.45) is 0 Å². The van der Waals surface area contributed by atoms with Crippen LogP contribution in [0.3, 0.4) is 0 Å². The molecule has 0 aromatic carbocycles. The summed E-state index contributed by atoms with van der Waals surface area (Å²) in [5, 5.41) is 0. The molecule has 4 heteroatoms. The van der Waals surface area contributed by atoms with Crippen LogP contribution in [0.1, 0.15) is 5.69 Å². The minimum atomic E-state index is 0.461. The summed E-state index contributed by atoms with van der Waals surface area (Å²) in [6, 6.07) is 3.67. The average molecular weight is 175 g/mol. The molecule has 0 bridgehead atoms. The van der Waals surface area contributed by atoms with Crippen LogP contribution in [0.4, 0.5) is 5.82 Å². The third kappa shape index (κ3) is 1.26. The van der Waals surface area contributed by atoms with Gasteiger partial charge in [-0.2, -0.15) is 0 Å². The van der Waals surface area contributed by atoms with Gasteiger partial charge in [0.05, 0.1) is 11.3 Å². The first kappa shape index (κ1) is 7.79. The maximum Gasteiger partial charge on any atom is 0.181 e. The SMILES string of the molecule is Cc1ncoc1-c1cccnc1N. The molecule has 0 radical (unpaired) electrons. The summed E-state index contributed by atoms with van der Waals surface area (Å²) in [7, 11) is 0. The summed E-state index contributed by atoms with van der Waals surface area (Å²) in [5.74, 6) is 1.15.